The molecule has 2 aromatic heterocycles. The lowest BCUT2D eigenvalue weighted by Gasteiger charge is -2.15. The van der Waals surface area contributed by atoms with Gasteiger partial charge >= 0.3 is 5.69 Å². The molecule has 0 saturated carbocycles. The van der Waals surface area contributed by atoms with E-state index in [1.807, 2.05) is 0 Å². The first-order chi connectivity index (χ1) is 10.6. The minimum Gasteiger partial charge on any atom is -0.805 e. The van der Waals surface area contributed by atoms with E-state index in [2.05, 4.69) is 0 Å². The number of rotatable bonds is 3. The van der Waals surface area contributed by atoms with Gasteiger partial charge in [-0.2, -0.15) is 0 Å². The summed E-state index contributed by atoms with van der Waals surface area (Å²) in [4.78, 5) is 24.7. The summed E-state index contributed by atoms with van der Waals surface area (Å²) in [5, 5.41) is 12.2. The molecular formula is C16H12N2O4. The first-order valence-corrected chi connectivity index (χ1v) is 6.60. The minimum absolute atomic E-state index is 0.0581. The van der Waals surface area contributed by atoms with Crippen LogP contribution in [0.5, 0.6) is 0 Å². The third-order valence-corrected chi connectivity index (χ3v) is 3.35. The standard InChI is InChI=1S/C16H12N2O4/c1-11-16(15(19)9-8-12-5-4-10-22-12)18(21)14-7-3-2-6-13(14)17(11)20/h2-10H,1H3/b9-8+. The number of hydrogen-bond donors (Lipinski definition) is 0. The predicted octanol–water partition coefficient (Wildman–Crippen LogP) is 2.70. The summed E-state index contributed by atoms with van der Waals surface area (Å²) < 4.78 is 6.17. The summed E-state index contributed by atoms with van der Waals surface area (Å²) in [6.07, 6.45) is 4.14. The molecule has 0 fully saturated rings. The molecule has 3 aromatic rings. The van der Waals surface area contributed by atoms with Crippen LogP contribution in [0, 0.1) is 17.0 Å². The Balaban J connectivity index is 2.15. The Bertz CT molecular complexity index is 937. The zero-order valence-corrected chi connectivity index (χ0v) is 11.7. The second-order valence-electron chi connectivity index (χ2n) is 4.72. The van der Waals surface area contributed by atoms with Crippen molar-refractivity contribution in [1.29, 1.82) is 0 Å². The monoisotopic (exact) mass is 296 g/mol. The third kappa shape index (κ3) is 2.20. The number of allylic oxidation sites excluding steroid dienone is 1. The van der Waals surface area contributed by atoms with Crippen LogP contribution in [0.15, 0.2) is 53.2 Å². The number of ketones is 1. The van der Waals surface area contributed by atoms with Gasteiger partial charge in [0.15, 0.2) is 0 Å². The first-order valence-electron chi connectivity index (χ1n) is 6.60. The van der Waals surface area contributed by atoms with Crippen molar-refractivity contribution in [3.8, 4) is 0 Å². The molecule has 0 spiro atoms. The molecule has 0 atom stereocenters. The lowest BCUT2D eigenvalue weighted by Crippen LogP contribution is -2.29. The summed E-state index contributed by atoms with van der Waals surface area (Å²) in [5.41, 5.74) is 0.235. The fourth-order valence-electron chi connectivity index (χ4n) is 2.25. The average Bonchev–Trinajstić information content (AvgIpc) is 3.04. The normalized spacial score (nSPS) is 11.3. The van der Waals surface area contributed by atoms with Gasteiger partial charge in [-0.05, 0) is 37.3 Å². The molecule has 6 heteroatoms. The highest BCUT2D eigenvalue weighted by molar-refractivity contribution is 6.05. The largest absolute Gasteiger partial charge is 0.805 e. The van der Waals surface area contributed by atoms with Crippen molar-refractivity contribution >= 4 is 22.9 Å². The molecule has 0 amide bonds. The molecule has 0 bridgehead atoms. The second kappa shape index (κ2) is 5.33. The highest BCUT2D eigenvalue weighted by Gasteiger charge is 2.24. The quantitative estimate of drug-likeness (QED) is 0.423. The molecule has 2 heterocycles. The molecule has 0 radical (unpaired) electrons. The lowest BCUT2D eigenvalue weighted by molar-refractivity contribution is -0.468. The Morgan fingerprint density at radius 3 is 2.77 bits per heavy atom. The molecule has 0 aliphatic heterocycles. The number of fused-ring (bicyclic) bond motifs is 1. The van der Waals surface area contributed by atoms with Crippen molar-refractivity contribution in [2.24, 2.45) is 0 Å². The average molecular weight is 296 g/mol. The number of carbonyl (C=O) groups excluding carboxylic acids is 1. The van der Waals surface area contributed by atoms with Crippen LogP contribution in [0.3, 0.4) is 0 Å². The van der Waals surface area contributed by atoms with Gasteiger partial charge in [-0.15, -0.1) is 0 Å². The smallest absolute Gasteiger partial charge is 0.329 e. The van der Waals surface area contributed by atoms with Gasteiger partial charge in [0.1, 0.15) is 11.3 Å². The third-order valence-electron chi connectivity index (χ3n) is 3.35. The number of furan rings is 1. The minimum atomic E-state index is -0.556. The second-order valence-corrected chi connectivity index (χ2v) is 4.72. The van der Waals surface area contributed by atoms with Crippen LogP contribution >= 0.6 is 0 Å². The van der Waals surface area contributed by atoms with E-state index in [1.165, 1.54) is 37.5 Å². The van der Waals surface area contributed by atoms with Gasteiger partial charge in [0.2, 0.25) is 0 Å². The molecular weight excluding hydrogens is 284 g/mol. The molecule has 1 aromatic carbocycles. The highest BCUT2D eigenvalue weighted by Crippen LogP contribution is 2.14. The Morgan fingerprint density at radius 1 is 1.27 bits per heavy atom. The maximum atomic E-state index is 12.4. The van der Waals surface area contributed by atoms with Gasteiger partial charge in [0.25, 0.3) is 11.3 Å². The van der Waals surface area contributed by atoms with Crippen LogP contribution in [-0.2, 0) is 0 Å². The van der Waals surface area contributed by atoms with Crippen molar-refractivity contribution in [3.05, 3.63) is 76.0 Å². The molecule has 3 rings (SSSR count). The van der Waals surface area contributed by atoms with Gasteiger partial charge in [-0.25, -0.2) is 0 Å². The maximum absolute atomic E-state index is 12.4. The van der Waals surface area contributed by atoms with E-state index in [1.54, 1.807) is 24.3 Å². The Morgan fingerprint density at radius 2 is 2.05 bits per heavy atom. The lowest BCUT2D eigenvalue weighted by atomic mass is 10.2. The fraction of sp³-hybridized carbons (Fsp3) is 0.0625. The van der Waals surface area contributed by atoms with Crippen LogP contribution in [0.25, 0.3) is 17.1 Å². The van der Waals surface area contributed by atoms with E-state index in [0.717, 1.165) is 0 Å². The first kappa shape index (κ1) is 13.8. The highest BCUT2D eigenvalue weighted by atomic mass is 16.5. The summed E-state index contributed by atoms with van der Waals surface area (Å²) in [5.74, 6) is -0.0708. The van der Waals surface area contributed by atoms with E-state index in [4.69, 9.17) is 4.42 Å². The summed E-state index contributed by atoms with van der Waals surface area (Å²) in [7, 11) is 0. The van der Waals surface area contributed by atoms with Gasteiger partial charge in [0, 0.05) is 11.0 Å². The number of nitrogens with zero attached hydrogens (tertiary/aromatic N) is 2. The zero-order valence-electron chi connectivity index (χ0n) is 11.7. The van der Waals surface area contributed by atoms with Crippen molar-refractivity contribution in [2.75, 3.05) is 0 Å². The number of benzene rings is 1. The van der Waals surface area contributed by atoms with Crippen LogP contribution in [0.4, 0.5) is 0 Å². The topological polar surface area (TPSA) is 81.2 Å². The summed E-state index contributed by atoms with van der Waals surface area (Å²) in [6.45, 7) is 1.45. The zero-order chi connectivity index (χ0) is 15.7. The summed E-state index contributed by atoms with van der Waals surface area (Å²) in [6, 6.07) is 9.70. The van der Waals surface area contributed by atoms with Crippen molar-refractivity contribution in [1.82, 2.24) is 4.73 Å². The van der Waals surface area contributed by atoms with Gasteiger partial charge in [-0.3, -0.25) is 4.79 Å². The Hall–Kier alpha value is -3.15. The molecule has 0 N–H and O–H groups in total. The van der Waals surface area contributed by atoms with Crippen molar-refractivity contribution in [3.63, 3.8) is 0 Å². The van der Waals surface area contributed by atoms with E-state index in [0.29, 0.717) is 14.9 Å². The van der Waals surface area contributed by atoms with E-state index in [9.17, 15) is 14.9 Å². The molecule has 22 heavy (non-hydrogen) atoms. The van der Waals surface area contributed by atoms with E-state index < -0.39 is 5.78 Å². The van der Waals surface area contributed by atoms with Gasteiger partial charge in [0.05, 0.1) is 16.4 Å². The Kier molecular flexibility index (Phi) is 3.34. The summed E-state index contributed by atoms with van der Waals surface area (Å²) >= 11 is 0. The number of carbonyl (C=O) groups is 1. The van der Waals surface area contributed by atoms with Crippen LogP contribution in [0.1, 0.15) is 21.9 Å². The van der Waals surface area contributed by atoms with E-state index in [-0.39, 0.29) is 22.4 Å². The molecule has 0 unspecified atom stereocenters. The predicted molar refractivity (Wildman–Crippen MR) is 80.9 cm³/mol. The molecule has 110 valence electrons. The fourth-order valence-corrected chi connectivity index (χ4v) is 2.25. The Labute approximate surface area is 125 Å². The van der Waals surface area contributed by atoms with Crippen LogP contribution in [0.2, 0.25) is 0 Å². The van der Waals surface area contributed by atoms with Gasteiger partial charge in [-0.1, -0.05) is 12.1 Å². The van der Waals surface area contributed by atoms with Crippen LogP contribution < -0.4 is 4.43 Å². The molecule has 0 aliphatic rings. The molecule has 0 aliphatic carbocycles. The molecule has 0 saturated heterocycles. The molecule has 6 nitrogen and oxygen atoms in total. The van der Waals surface area contributed by atoms with Crippen molar-refractivity contribution < 1.29 is 13.6 Å². The SMILES string of the molecule is Cc1c(C(=O)/C=C/c2ccco2)[n+](=O)c2ccccc2n1[O-]. The van der Waals surface area contributed by atoms with E-state index >= 15 is 0 Å². The number of para-hydroxylation sites is 2. The maximum Gasteiger partial charge on any atom is 0.329 e. The van der Waals surface area contributed by atoms with Gasteiger partial charge < -0.3 is 14.4 Å². The number of aromatic nitrogens is 2. The van der Waals surface area contributed by atoms with Crippen molar-refractivity contribution in [2.45, 2.75) is 6.92 Å². The van der Waals surface area contributed by atoms with Crippen LogP contribution in [-0.4, -0.2) is 10.5 Å². The number of hydrogen-bond acceptors (Lipinski definition) is 4.